The van der Waals surface area contributed by atoms with Gasteiger partial charge in [0.25, 0.3) is 0 Å². The lowest BCUT2D eigenvalue weighted by Crippen LogP contribution is -2.42. The van der Waals surface area contributed by atoms with Crippen LogP contribution in [0, 0.1) is 17.2 Å². The first kappa shape index (κ1) is 21.1. The third-order valence-corrected chi connectivity index (χ3v) is 8.69. The van der Waals surface area contributed by atoms with E-state index < -0.39 is 5.97 Å². The van der Waals surface area contributed by atoms with Gasteiger partial charge in [0.2, 0.25) is 0 Å². The first-order chi connectivity index (χ1) is 15.9. The molecule has 2 aromatic rings. The van der Waals surface area contributed by atoms with Gasteiger partial charge in [-0.25, -0.2) is 9.18 Å². The lowest BCUT2D eigenvalue weighted by molar-refractivity contribution is 0.0690. The number of piperidine rings is 3. The highest BCUT2D eigenvalue weighted by molar-refractivity contribution is 8.00. The number of rotatable bonds is 5. The van der Waals surface area contributed by atoms with Crippen LogP contribution in [0.1, 0.15) is 53.6 Å². The Labute approximate surface area is 197 Å². The summed E-state index contributed by atoms with van der Waals surface area (Å²) in [6, 6.07) is 8.59. The molecule has 2 atom stereocenters. The molecule has 5 nitrogen and oxygen atoms in total. The van der Waals surface area contributed by atoms with Crippen LogP contribution in [-0.4, -0.2) is 42.2 Å². The zero-order valence-electron chi connectivity index (χ0n) is 18.6. The van der Waals surface area contributed by atoms with E-state index in [1.165, 1.54) is 36.4 Å². The number of ether oxygens (including phenoxy) is 1. The summed E-state index contributed by atoms with van der Waals surface area (Å²) in [5.41, 5.74) is 4.00. The second-order valence-electron chi connectivity index (χ2n) is 10.1. The first-order valence-corrected chi connectivity index (χ1v) is 12.4. The zero-order valence-corrected chi connectivity index (χ0v) is 19.4. The standard InChI is InChI=1S/C26H27FN2O3S/c1-26-12-20(26)19-3-4-21(23(25(30)31)24(19)32-14-26)28-33-22-5-2-18(27)11-16(22)10-17-13-29-8-6-15(17)7-9-29/h2-5,10-11,15,20,28H,6-9,12-14H2,1H3,(H,30,31)/b17-10-/t20?,26-/m0/s1. The summed E-state index contributed by atoms with van der Waals surface area (Å²) in [5, 5.41) is 9.96. The van der Waals surface area contributed by atoms with E-state index >= 15 is 0 Å². The fourth-order valence-corrected chi connectivity index (χ4v) is 6.42. The third kappa shape index (κ3) is 3.71. The van der Waals surface area contributed by atoms with Crippen molar-refractivity contribution in [3.05, 3.63) is 58.4 Å². The van der Waals surface area contributed by atoms with Crippen LogP contribution in [0.4, 0.5) is 10.1 Å². The van der Waals surface area contributed by atoms with Crippen molar-refractivity contribution in [2.24, 2.45) is 11.3 Å². The van der Waals surface area contributed by atoms with E-state index in [1.807, 2.05) is 12.1 Å². The fraction of sp³-hybridized carbons (Fsp3) is 0.423. The van der Waals surface area contributed by atoms with E-state index in [9.17, 15) is 14.3 Å². The summed E-state index contributed by atoms with van der Waals surface area (Å²) in [5.74, 6) is 0.162. The maximum atomic E-state index is 14.1. The fourth-order valence-electron chi connectivity index (χ4n) is 5.66. The molecule has 1 unspecified atom stereocenters. The van der Waals surface area contributed by atoms with E-state index in [0.717, 1.165) is 42.1 Å². The van der Waals surface area contributed by atoms with Crippen LogP contribution in [0.5, 0.6) is 5.75 Å². The van der Waals surface area contributed by atoms with Crippen molar-refractivity contribution in [3.8, 4) is 5.75 Å². The number of carbonyl (C=O) groups is 1. The number of nitrogens with one attached hydrogen (secondary N) is 1. The van der Waals surface area contributed by atoms with Gasteiger partial charge in [-0.3, -0.25) is 4.90 Å². The van der Waals surface area contributed by atoms with Gasteiger partial charge in [0.15, 0.2) is 0 Å². The van der Waals surface area contributed by atoms with Gasteiger partial charge >= 0.3 is 5.97 Å². The summed E-state index contributed by atoms with van der Waals surface area (Å²) >= 11 is 1.32. The van der Waals surface area contributed by atoms with Gasteiger partial charge in [0.1, 0.15) is 17.1 Å². The number of carboxylic acids is 1. The molecular weight excluding hydrogens is 439 g/mol. The molecule has 7 heteroatoms. The lowest BCUT2D eigenvalue weighted by atomic mass is 9.83. The lowest BCUT2D eigenvalue weighted by Gasteiger charge is -2.41. The molecule has 4 aliphatic heterocycles. The van der Waals surface area contributed by atoms with Crippen LogP contribution in [0.25, 0.3) is 6.08 Å². The highest BCUT2D eigenvalue weighted by Crippen LogP contribution is 2.64. The van der Waals surface area contributed by atoms with Gasteiger partial charge in [-0.15, -0.1) is 0 Å². The summed E-state index contributed by atoms with van der Waals surface area (Å²) in [4.78, 5) is 15.5. The number of hydrogen-bond donors (Lipinski definition) is 2. The minimum absolute atomic E-state index is 0.137. The molecular formula is C26H27FN2O3S. The molecule has 0 amide bonds. The van der Waals surface area contributed by atoms with Crippen molar-refractivity contribution in [1.82, 2.24) is 4.90 Å². The van der Waals surface area contributed by atoms with Crippen molar-refractivity contribution in [2.45, 2.75) is 37.0 Å². The number of fused-ring (bicyclic) bond motifs is 6. The molecule has 0 radical (unpaired) electrons. The van der Waals surface area contributed by atoms with Crippen molar-refractivity contribution >= 4 is 29.7 Å². The SMILES string of the molecule is C[C@]12COc3c(ccc(NSc4ccc(F)cc4/C=C4/CN5CCC4CC5)c3C(=O)O)C1C2. The predicted octanol–water partition coefficient (Wildman–Crippen LogP) is 5.64. The van der Waals surface area contributed by atoms with Crippen LogP contribution in [0.2, 0.25) is 0 Å². The highest BCUT2D eigenvalue weighted by Gasteiger charge is 2.55. The van der Waals surface area contributed by atoms with Crippen LogP contribution in [0.3, 0.4) is 0 Å². The maximum absolute atomic E-state index is 14.1. The van der Waals surface area contributed by atoms with Crippen molar-refractivity contribution < 1.29 is 19.0 Å². The van der Waals surface area contributed by atoms with E-state index in [-0.39, 0.29) is 16.8 Å². The molecule has 0 aromatic heterocycles. The summed E-state index contributed by atoms with van der Waals surface area (Å²) in [6.45, 7) is 5.97. The van der Waals surface area contributed by atoms with E-state index in [2.05, 4.69) is 22.6 Å². The van der Waals surface area contributed by atoms with Gasteiger partial charge in [0, 0.05) is 16.9 Å². The van der Waals surface area contributed by atoms with Crippen LogP contribution in [-0.2, 0) is 0 Å². The average molecular weight is 467 g/mol. The quantitative estimate of drug-likeness (QED) is 0.556. The van der Waals surface area contributed by atoms with Gasteiger partial charge in [-0.05, 0) is 91.5 Å². The molecule has 0 spiro atoms. The second-order valence-corrected chi connectivity index (χ2v) is 10.9. The Balaban J connectivity index is 1.29. The molecule has 1 aliphatic carbocycles. The summed E-state index contributed by atoms with van der Waals surface area (Å²) < 4.78 is 23.3. The molecule has 2 aromatic carbocycles. The molecule has 1 saturated carbocycles. The van der Waals surface area contributed by atoms with Crippen LogP contribution < -0.4 is 9.46 Å². The van der Waals surface area contributed by atoms with Crippen LogP contribution >= 0.6 is 11.9 Å². The minimum Gasteiger partial charge on any atom is -0.492 e. The molecule has 5 aliphatic rings. The molecule has 33 heavy (non-hydrogen) atoms. The number of nitrogens with zero attached hydrogens (tertiary/aromatic N) is 1. The number of aromatic carboxylic acids is 1. The topological polar surface area (TPSA) is 61.8 Å². The molecule has 4 fully saturated rings. The maximum Gasteiger partial charge on any atom is 0.341 e. The van der Waals surface area contributed by atoms with Gasteiger partial charge in [-0.2, -0.15) is 0 Å². The van der Waals surface area contributed by atoms with Crippen molar-refractivity contribution in [3.63, 3.8) is 0 Å². The average Bonchev–Trinajstić information content (AvgIpc) is 3.51. The van der Waals surface area contributed by atoms with E-state index in [4.69, 9.17) is 4.74 Å². The van der Waals surface area contributed by atoms with Crippen molar-refractivity contribution in [2.75, 3.05) is 31.0 Å². The van der Waals surface area contributed by atoms with Crippen LogP contribution in [0.15, 0.2) is 40.8 Å². The number of halogens is 1. The van der Waals surface area contributed by atoms with Gasteiger partial charge in [-0.1, -0.05) is 24.6 Å². The third-order valence-electron chi connectivity index (χ3n) is 7.78. The molecule has 2 bridgehead atoms. The Morgan fingerprint density at radius 3 is 2.85 bits per heavy atom. The van der Waals surface area contributed by atoms with E-state index in [1.54, 1.807) is 12.1 Å². The van der Waals surface area contributed by atoms with Gasteiger partial charge < -0.3 is 14.6 Å². The normalized spacial score (nSPS) is 30.4. The second kappa shape index (κ2) is 7.77. The molecule has 7 rings (SSSR count). The molecule has 172 valence electrons. The molecule has 4 heterocycles. The Morgan fingerprint density at radius 2 is 2.12 bits per heavy atom. The Morgan fingerprint density at radius 1 is 1.30 bits per heavy atom. The summed E-state index contributed by atoms with van der Waals surface area (Å²) in [6.07, 6.45) is 5.50. The molecule has 3 saturated heterocycles. The minimum atomic E-state index is -1.01. The zero-order chi connectivity index (χ0) is 22.7. The predicted molar refractivity (Wildman–Crippen MR) is 127 cm³/mol. The van der Waals surface area contributed by atoms with Crippen molar-refractivity contribution in [1.29, 1.82) is 0 Å². The highest BCUT2D eigenvalue weighted by atomic mass is 32.2. The first-order valence-electron chi connectivity index (χ1n) is 11.6. The smallest absolute Gasteiger partial charge is 0.341 e. The Hall–Kier alpha value is -2.51. The Bertz CT molecular complexity index is 1170. The molecule has 2 N–H and O–H groups in total. The number of carboxylic acid groups (broad SMARTS) is 1. The number of benzene rings is 2. The van der Waals surface area contributed by atoms with Gasteiger partial charge in [0.05, 0.1) is 12.3 Å². The number of anilines is 1. The monoisotopic (exact) mass is 466 g/mol. The summed E-state index contributed by atoms with van der Waals surface area (Å²) in [7, 11) is 0. The Kier molecular flexibility index (Phi) is 4.96. The van der Waals surface area contributed by atoms with E-state index in [0.29, 0.717) is 29.9 Å². The largest absolute Gasteiger partial charge is 0.492 e. The number of hydrogen-bond acceptors (Lipinski definition) is 5.